The van der Waals surface area contributed by atoms with Crippen LogP contribution in [0.1, 0.15) is 11.1 Å². The molecule has 0 radical (unpaired) electrons. The second-order valence-electron chi connectivity index (χ2n) is 6.57. The van der Waals surface area contributed by atoms with Gasteiger partial charge in [0.15, 0.2) is 11.2 Å². The zero-order chi connectivity index (χ0) is 19.7. The van der Waals surface area contributed by atoms with Crippen molar-refractivity contribution in [2.75, 3.05) is 5.73 Å². The average Bonchev–Trinajstić information content (AvgIpc) is 2.70. The van der Waals surface area contributed by atoms with Gasteiger partial charge in [-0.3, -0.25) is 9.36 Å². The molecular weight excluding hydrogens is 374 g/mol. The first-order valence-electron chi connectivity index (χ1n) is 8.85. The smallest absolute Gasteiger partial charge is 0.281 e. The second kappa shape index (κ2) is 7.40. The summed E-state index contributed by atoms with van der Waals surface area (Å²) >= 11 is 5.96. The van der Waals surface area contributed by atoms with Crippen LogP contribution in [0, 0.1) is 6.92 Å². The average molecular weight is 392 g/mol. The van der Waals surface area contributed by atoms with Gasteiger partial charge < -0.3 is 5.73 Å². The van der Waals surface area contributed by atoms with E-state index >= 15 is 0 Å². The molecule has 0 bridgehead atoms. The highest BCUT2D eigenvalue weighted by Gasteiger charge is 2.15. The number of aromatic nitrogens is 4. The van der Waals surface area contributed by atoms with Gasteiger partial charge in [-0.2, -0.15) is 0 Å². The summed E-state index contributed by atoms with van der Waals surface area (Å²) < 4.78 is 1.65. The van der Waals surface area contributed by atoms with E-state index in [0.29, 0.717) is 35.1 Å². The van der Waals surface area contributed by atoms with Crippen LogP contribution in [0.2, 0.25) is 5.02 Å². The molecule has 140 valence electrons. The molecule has 28 heavy (non-hydrogen) atoms. The molecule has 0 unspecified atom stereocenters. The molecule has 0 amide bonds. The van der Waals surface area contributed by atoms with E-state index in [1.165, 1.54) is 12.4 Å². The van der Waals surface area contributed by atoms with Crippen molar-refractivity contribution >= 4 is 28.5 Å². The van der Waals surface area contributed by atoms with Crippen LogP contribution >= 0.6 is 11.6 Å². The molecule has 4 rings (SSSR count). The Bertz CT molecular complexity index is 1220. The largest absolute Gasteiger partial charge is 0.399 e. The highest BCUT2D eigenvalue weighted by molar-refractivity contribution is 6.30. The van der Waals surface area contributed by atoms with Crippen molar-refractivity contribution in [3.63, 3.8) is 0 Å². The highest BCUT2D eigenvalue weighted by atomic mass is 35.5. The van der Waals surface area contributed by atoms with E-state index in [1.807, 2.05) is 49.4 Å². The molecule has 0 aliphatic rings. The van der Waals surface area contributed by atoms with Crippen LogP contribution in [0.4, 0.5) is 5.69 Å². The SMILES string of the molecule is Cc1cc(-c2nc3nccnc3c(=O)n2CCc2ccc(Cl)cc2)ccc1N. The molecule has 0 fully saturated rings. The Morgan fingerprint density at radius 2 is 1.82 bits per heavy atom. The minimum Gasteiger partial charge on any atom is -0.399 e. The van der Waals surface area contributed by atoms with Gasteiger partial charge in [0.2, 0.25) is 0 Å². The Morgan fingerprint density at radius 1 is 1.07 bits per heavy atom. The number of aryl methyl sites for hydroxylation is 2. The van der Waals surface area contributed by atoms with Crippen molar-refractivity contribution in [1.29, 1.82) is 0 Å². The van der Waals surface area contributed by atoms with Gasteiger partial charge in [-0.15, -0.1) is 0 Å². The number of nitrogens with zero attached hydrogens (tertiary/aromatic N) is 4. The summed E-state index contributed by atoms with van der Waals surface area (Å²) in [7, 11) is 0. The zero-order valence-corrected chi connectivity index (χ0v) is 16.0. The number of nitrogens with two attached hydrogens (primary N) is 1. The number of anilines is 1. The predicted molar refractivity (Wildman–Crippen MR) is 111 cm³/mol. The quantitative estimate of drug-likeness (QED) is 0.536. The van der Waals surface area contributed by atoms with Crippen LogP contribution in [-0.2, 0) is 13.0 Å². The standard InChI is InChI=1S/C21H18ClN5O/c1-13-12-15(4-7-17(13)23)20-26-19-18(24-9-10-25-19)21(28)27(20)11-8-14-2-5-16(22)6-3-14/h2-7,9-10,12H,8,11,23H2,1H3. The van der Waals surface area contributed by atoms with Gasteiger partial charge in [-0.1, -0.05) is 23.7 Å². The van der Waals surface area contributed by atoms with Crippen LogP contribution < -0.4 is 11.3 Å². The zero-order valence-electron chi connectivity index (χ0n) is 15.3. The Kier molecular flexibility index (Phi) is 4.79. The summed E-state index contributed by atoms with van der Waals surface area (Å²) in [4.78, 5) is 26.1. The molecule has 2 N–H and O–H groups in total. The van der Waals surface area contributed by atoms with Gasteiger partial charge in [0.1, 0.15) is 5.82 Å². The lowest BCUT2D eigenvalue weighted by atomic mass is 10.1. The van der Waals surface area contributed by atoms with E-state index < -0.39 is 0 Å². The molecule has 0 spiro atoms. The van der Waals surface area contributed by atoms with E-state index in [9.17, 15) is 4.79 Å². The number of fused-ring (bicyclic) bond motifs is 1. The number of rotatable bonds is 4. The lowest BCUT2D eigenvalue weighted by molar-refractivity contribution is 0.669. The summed E-state index contributed by atoms with van der Waals surface area (Å²) in [6.45, 7) is 2.38. The van der Waals surface area contributed by atoms with Crippen LogP contribution in [0.5, 0.6) is 0 Å². The summed E-state index contributed by atoms with van der Waals surface area (Å²) in [5, 5.41) is 0.682. The molecule has 7 heteroatoms. The van der Waals surface area contributed by atoms with Crippen LogP contribution in [0.3, 0.4) is 0 Å². The molecule has 2 aromatic heterocycles. The number of hydrogen-bond acceptors (Lipinski definition) is 5. The Balaban J connectivity index is 1.84. The molecule has 4 aromatic rings. The van der Waals surface area contributed by atoms with Gasteiger partial charge in [0.05, 0.1) is 0 Å². The van der Waals surface area contributed by atoms with E-state index in [-0.39, 0.29) is 11.1 Å². The second-order valence-corrected chi connectivity index (χ2v) is 7.01. The van der Waals surface area contributed by atoms with Crippen molar-refractivity contribution in [2.45, 2.75) is 19.9 Å². The van der Waals surface area contributed by atoms with Gasteiger partial charge in [0.25, 0.3) is 5.56 Å². The summed E-state index contributed by atoms with van der Waals surface area (Å²) in [5.74, 6) is 0.551. The van der Waals surface area contributed by atoms with Crippen LogP contribution in [0.15, 0.2) is 59.7 Å². The first-order chi connectivity index (χ1) is 13.5. The van der Waals surface area contributed by atoms with Crippen molar-refractivity contribution in [2.24, 2.45) is 0 Å². The third kappa shape index (κ3) is 3.46. The monoisotopic (exact) mass is 391 g/mol. The van der Waals surface area contributed by atoms with E-state index in [1.54, 1.807) is 4.57 Å². The fourth-order valence-electron chi connectivity index (χ4n) is 3.08. The predicted octanol–water partition coefficient (Wildman–Crippen LogP) is 3.64. The van der Waals surface area contributed by atoms with Crippen LogP contribution in [0.25, 0.3) is 22.6 Å². The molecule has 0 aliphatic carbocycles. The Morgan fingerprint density at radius 3 is 2.57 bits per heavy atom. The van der Waals surface area contributed by atoms with Gasteiger partial charge in [-0.05, 0) is 54.8 Å². The lowest BCUT2D eigenvalue weighted by Gasteiger charge is -2.14. The van der Waals surface area contributed by atoms with E-state index in [4.69, 9.17) is 17.3 Å². The fourth-order valence-corrected chi connectivity index (χ4v) is 3.21. The number of halogens is 1. The summed E-state index contributed by atoms with van der Waals surface area (Å²) in [5.41, 5.74) is 9.84. The highest BCUT2D eigenvalue weighted by Crippen LogP contribution is 2.22. The molecule has 6 nitrogen and oxygen atoms in total. The third-order valence-electron chi connectivity index (χ3n) is 4.66. The van der Waals surface area contributed by atoms with E-state index in [2.05, 4.69) is 15.0 Å². The number of hydrogen-bond donors (Lipinski definition) is 1. The number of benzene rings is 2. The fraction of sp³-hybridized carbons (Fsp3) is 0.143. The molecular formula is C21H18ClN5O. The molecule has 2 heterocycles. The van der Waals surface area contributed by atoms with Crippen molar-refractivity contribution in [3.8, 4) is 11.4 Å². The first kappa shape index (κ1) is 18.1. The van der Waals surface area contributed by atoms with E-state index in [0.717, 1.165) is 16.7 Å². The molecule has 0 aliphatic heterocycles. The van der Waals surface area contributed by atoms with Crippen molar-refractivity contribution in [3.05, 3.63) is 81.4 Å². The van der Waals surface area contributed by atoms with Crippen molar-refractivity contribution < 1.29 is 0 Å². The maximum absolute atomic E-state index is 13.1. The van der Waals surface area contributed by atoms with Crippen LogP contribution in [-0.4, -0.2) is 19.5 Å². The van der Waals surface area contributed by atoms with Gasteiger partial charge in [-0.25, -0.2) is 15.0 Å². The molecule has 0 saturated carbocycles. The molecule has 0 atom stereocenters. The topological polar surface area (TPSA) is 86.7 Å². The Hall–Kier alpha value is -3.25. The van der Waals surface area contributed by atoms with Gasteiger partial charge in [0, 0.05) is 35.2 Å². The minimum atomic E-state index is -0.212. The summed E-state index contributed by atoms with van der Waals surface area (Å²) in [6.07, 6.45) is 3.69. The normalized spacial score (nSPS) is 11.1. The summed E-state index contributed by atoms with van der Waals surface area (Å²) in [6, 6.07) is 13.2. The van der Waals surface area contributed by atoms with Gasteiger partial charge >= 0.3 is 0 Å². The van der Waals surface area contributed by atoms with Crippen molar-refractivity contribution in [1.82, 2.24) is 19.5 Å². The maximum atomic E-state index is 13.1. The lowest BCUT2D eigenvalue weighted by Crippen LogP contribution is -2.25. The molecule has 2 aromatic carbocycles. The minimum absolute atomic E-state index is 0.212. The Labute approximate surface area is 166 Å². The molecule has 0 saturated heterocycles. The third-order valence-corrected chi connectivity index (χ3v) is 4.91. The first-order valence-corrected chi connectivity index (χ1v) is 9.23. The maximum Gasteiger partial charge on any atom is 0.281 e. The number of nitrogen functional groups attached to an aromatic ring is 1.